The van der Waals surface area contributed by atoms with Crippen LogP contribution >= 0.6 is 0 Å². The highest BCUT2D eigenvalue weighted by atomic mass is 28.4. The SMILES string of the molecule is CCC(Cc1ccc(B2OC(C)(C)C(C)(C)O2)cc1)O[Si](C)(C)C(C)(C)C. The first-order chi connectivity index (χ1) is 12.2. The summed E-state index contributed by atoms with van der Waals surface area (Å²) in [5.74, 6) is 0. The first kappa shape index (κ1) is 22.7. The second-order valence-electron chi connectivity index (χ2n) is 10.4. The molecule has 0 spiro atoms. The zero-order valence-corrected chi connectivity index (χ0v) is 20.1. The van der Waals surface area contributed by atoms with Gasteiger partial charge in [0, 0.05) is 6.10 Å². The van der Waals surface area contributed by atoms with Crippen molar-refractivity contribution in [3.05, 3.63) is 29.8 Å². The lowest BCUT2D eigenvalue weighted by atomic mass is 9.78. The van der Waals surface area contributed by atoms with E-state index in [1.165, 1.54) is 5.56 Å². The zero-order chi connectivity index (χ0) is 20.7. The molecule has 0 amide bonds. The molecule has 0 bridgehead atoms. The molecular weight excluding hydrogens is 351 g/mol. The molecule has 0 N–H and O–H groups in total. The molecule has 3 nitrogen and oxygen atoms in total. The van der Waals surface area contributed by atoms with E-state index in [-0.39, 0.29) is 29.5 Å². The van der Waals surface area contributed by atoms with E-state index in [0.29, 0.717) is 0 Å². The van der Waals surface area contributed by atoms with Gasteiger partial charge in [-0.3, -0.25) is 0 Å². The van der Waals surface area contributed by atoms with Gasteiger partial charge in [-0.05, 0) is 69.7 Å². The quantitative estimate of drug-likeness (QED) is 0.615. The third-order valence-electron chi connectivity index (χ3n) is 6.69. The summed E-state index contributed by atoms with van der Waals surface area (Å²) in [4.78, 5) is 0. The Morgan fingerprint density at radius 1 is 1.00 bits per heavy atom. The summed E-state index contributed by atoms with van der Waals surface area (Å²) in [6, 6.07) is 8.66. The Kier molecular flexibility index (Phi) is 6.43. The van der Waals surface area contributed by atoms with E-state index in [2.05, 4.69) is 92.7 Å². The van der Waals surface area contributed by atoms with Gasteiger partial charge in [0.2, 0.25) is 0 Å². The standard InChI is InChI=1S/C22H39BO3Si/c1-11-19(24-27(9,10)20(2,3)4)16-17-12-14-18(15-13-17)23-25-21(5,6)22(7,8)26-23/h12-15,19H,11,16H2,1-10H3. The van der Waals surface area contributed by atoms with Gasteiger partial charge in [0.15, 0.2) is 8.32 Å². The molecule has 2 rings (SSSR count). The fourth-order valence-corrected chi connectivity index (χ4v) is 4.35. The van der Waals surface area contributed by atoms with Gasteiger partial charge in [0.1, 0.15) is 0 Å². The summed E-state index contributed by atoms with van der Waals surface area (Å²) < 4.78 is 18.9. The first-order valence-corrected chi connectivity index (χ1v) is 13.2. The molecule has 1 aromatic rings. The van der Waals surface area contributed by atoms with E-state index in [0.717, 1.165) is 18.3 Å². The maximum atomic E-state index is 6.63. The van der Waals surface area contributed by atoms with Crippen LogP contribution in [0.15, 0.2) is 24.3 Å². The largest absolute Gasteiger partial charge is 0.494 e. The van der Waals surface area contributed by atoms with Crippen molar-refractivity contribution in [1.82, 2.24) is 0 Å². The van der Waals surface area contributed by atoms with Crippen LogP contribution in [0, 0.1) is 0 Å². The molecule has 0 radical (unpaired) electrons. The topological polar surface area (TPSA) is 27.7 Å². The molecule has 1 unspecified atom stereocenters. The first-order valence-electron chi connectivity index (χ1n) is 10.3. The Hall–Kier alpha value is -0.618. The van der Waals surface area contributed by atoms with Crippen molar-refractivity contribution in [3.8, 4) is 0 Å². The van der Waals surface area contributed by atoms with E-state index in [1.807, 2.05) is 0 Å². The van der Waals surface area contributed by atoms with Crippen LogP contribution in [-0.4, -0.2) is 32.7 Å². The number of hydrogen-bond acceptors (Lipinski definition) is 3. The average molecular weight is 390 g/mol. The van der Waals surface area contributed by atoms with Crippen molar-refractivity contribution in [2.45, 2.75) is 104 Å². The molecular formula is C22H39BO3Si. The molecule has 5 heteroatoms. The monoisotopic (exact) mass is 390 g/mol. The molecule has 27 heavy (non-hydrogen) atoms. The molecule has 0 aliphatic carbocycles. The van der Waals surface area contributed by atoms with Crippen LogP contribution in [0.5, 0.6) is 0 Å². The maximum absolute atomic E-state index is 6.63. The smallest absolute Gasteiger partial charge is 0.414 e. The molecule has 0 saturated carbocycles. The zero-order valence-electron chi connectivity index (χ0n) is 19.1. The second kappa shape index (κ2) is 7.66. The van der Waals surface area contributed by atoms with Crippen LogP contribution in [0.4, 0.5) is 0 Å². The third kappa shape index (κ3) is 5.06. The maximum Gasteiger partial charge on any atom is 0.494 e. The lowest BCUT2D eigenvalue weighted by Crippen LogP contribution is -2.44. The molecule has 0 aromatic heterocycles. The van der Waals surface area contributed by atoms with Crippen LogP contribution in [-0.2, 0) is 20.2 Å². The minimum absolute atomic E-state index is 0.237. The van der Waals surface area contributed by atoms with Crippen molar-refractivity contribution in [3.63, 3.8) is 0 Å². The van der Waals surface area contributed by atoms with Crippen LogP contribution < -0.4 is 5.46 Å². The summed E-state index contributed by atoms with van der Waals surface area (Å²) in [5, 5.41) is 0.237. The lowest BCUT2D eigenvalue weighted by molar-refractivity contribution is 0.00578. The Morgan fingerprint density at radius 3 is 1.89 bits per heavy atom. The predicted octanol–water partition coefficient (Wildman–Crippen LogP) is 5.33. The minimum atomic E-state index is -1.75. The molecule has 1 fully saturated rings. The molecule has 1 aliphatic rings. The third-order valence-corrected chi connectivity index (χ3v) is 11.2. The average Bonchev–Trinajstić information content (AvgIpc) is 2.74. The summed E-state index contributed by atoms with van der Waals surface area (Å²) >= 11 is 0. The van der Waals surface area contributed by atoms with Crippen molar-refractivity contribution in [2.24, 2.45) is 0 Å². The highest BCUT2D eigenvalue weighted by Crippen LogP contribution is 2.38. The molecule has 152 valence electrons. The Bertz CT molecular complexity index is 616. The van der Waals surface area contributed by atoms with E-state index < -0.39 is 8.32 Å². The van der Waals surface area contributed by atoms with Crippen molar-refractivity contribution in [1.29, 1.82) is 0 Å². The fourth-order valence-electron chi connectivity index (χ4n) is 2.92. The number of rotatable bonds is 6. The molecule has 1 heterocycles. The van der Waals surface area contributed by atoms with Crippen molar-refractivity contribution < 1.29 is 13.7 Å². The minimum Gasteiger partial charge on any atom is -0.414 e. The van der Waals surface area contributed by atoms with Gasteiger partial charge in [0.25, 0.3) is 0 Å². The summed E-state index contributed by atoms with van der Waals surface area (Å²) in [6.45, 7) is 22.1. The van der Waals surface area contributed by atoms with Gasteiger partial charge in [-0.25, -0.2) is 0 Å². The van der Waals surface area contributed by atoms with Crippen LogP contribution in [0.2, 0.25) is 18.1 Å². The molecule has 1 aromatic carbocycles. The highest BCUT2D eigenvalue weighted by molar-refractivity contribution is 6.74. The number of hydrogen-bond donors (Lipinski definition) is 0. The Labute approximate surface area is 168 Å². The molecule has 1 saturated heterocycles. The van der Waals surface area contributed by atoms with Crippen LogP contribution in [0.3, 0.4) is 0 Å². The van der Waals surface area contributed by atoms with Crippen LogP contribution in [0.1, 0.15) is 67.4 Å². The van der Waals surface area contributed by atoms with E-state index in [9.17, 15) is 0 Å². The van der Waals surface area contributed by atoms with Crippen molar-refractivity contribution >= 4 is 20.9 Å². The van der Waals surface area contributed by atoms with Gasteiger partial charge in [-0.2, -0.15) is 0 Å². The van der Waals surface area contributed by atoms with Gasteiger partial charge in [-0.15, -0.1) is 0 Å². The van der Waals surface area contributed by atoms with Gasteiger partial charge in [0.05, 0.1) is 11.2 Å². The van der Waals surface area contributed by atoms with Crippen molar-refractivity contribution in [2.75, 3.05) is 0 Å². The Morgan fingerprint density at radius 2 is 1.48 bits per heavy atom. The second-order valence-corrected chi connectivity index (χ2v) is 15.2. The Balaban J connectivity index is 2.05. The summed E-state index contributed by atoms with van der Waals surface area (Å²) in [5.41, 5.74) is 1.78. The number of benzene rings is 1. The molecule has 1 atom stereocenters. The van der Waals surface area contributed by atoms with E-state index >= 15 is 0 Å². The van der Waals surface area contributed by atoms with Gasteiger partial charge in [-0.1, -0.05) is 52.0 Å². The summed E-state index contributed by atoms with van der Waals surface area (Å²) in [6.07, 6.45) is 2.26. The van der Waals surface area contributed by atoms with E-state index in [4.69, 9.17) is 13.7 Å². The predicted molar refractivity (Wildman–Crippen MR) is 118 cm³/mol. The van der Waals surface area contributed by atoms with E-state index in [1.54, 1.807) is 0 Å². The van der Waals surface area contributed by atoms with Crippen LogP contribution in [0.25, 0.3) is 0 Å². The summed E-state index contributed by atoms with van der Waals surface area (Å²) in [7, 11) is -2.04. The molecule has 1 aliphatic heterocycles. The fraction of sp³-hybridized carbons (Fsp3) is 0.727. The van der Waals surface area contributed by atoms with Gasteiger partial charge >= 0.3 is 7.12 Å². The van der Waals surface area contributed by atoms with Gasteiger partial charge < -0.3 is 13.7 Å². The lowest BCUT2D eigenvalue weighted by Gasteiger charge is -2.39. The normalized spacial score (nSPS) is 20.7. The highest BCUT2D eigenvalue weighted by Gasteiger charge is 2.51.